The molecule has 0 spiro atoms. The van der Waals surface area contributed by atoms with E-state index in [0.717, 1.165) is 12.0 Å². The minimum atomic E-state index is -0.277. The fourth-order valence-electron chi connectivity index (χ4n) is 2.08. The normalized spacial score (nSPS) is 10.0. The molecule has 0 aliphatic rings. The van der Waals surface area contributed by atoms with Crippen molar-refractivity contribution in [2.24, 2.45) is 0 Å². The molecule has 23 heavy (non-hydrogen) atoms. The summed E-state index contributed by atoms with van der Waals surface area (Å²) < 4.78 is 5.49. The summed E-state index contributed by atoms with van der Waals surface area (Å²) in [5.41, 5.74) is 2.20. The van der Waals surface area contributed by atoms with Gasteiger partial charge in [-0.05, 0) is 42.3 Å². The van der Waals surface area contributed by atoms with Crippen LogP contribution >= 0.6 is 0 Å². The van der Waals surface area contributed by atoms with Crippen molar-refractivity contribution in [3.05, 3.63) is 59.7 Å². The Morgan fingerprint density at radius 2 is 1.87 bits per heavy atom. The lowest BCUT2D eigenvalue weighted by molar-refractivity contribution is -0.118. The van der Waals surface area contributed by atoms with Gasteiger partial charge in [0, 0.05) is 18.3 Å². The molecule has 0 aliphatic heterocycles. The number of benzene rings is 2. The van der Waals surface area contributed by atoms with Crippen molar-refractivity contribution in [3.8, 4) is 5.75 Å². The molecule has 0 aromatic heterocycles. The van der Waals surface area contributed by atoms with Gasteiger partial charge in [-0.3, -0.25) is 9.59 Å². The fourth-order valence-corrected chi connectivity index (χ4v) is 2.08. The van der Waals surface area contributed by atoms with Crippen LogP contribution in [0, 0.1) is 0 Å². The zero-order valence-corrected chi connectivity index (χ0v) is 13.3. The summed E-state index contributed by atoms with van der Waals surface area (Å²) in [5, 5.41) is 5.26. The number of anilines is 1. The second kappa shape index (κ2) is 7.98. The van der Waals surface area contributed by atoms with Gasteiger partial charge in [0.25, 0.3) is 11.8 Å². The highest BCUT2D eigenvalue weighted by molar-refractivity contribution is 5.97. The zero-order valence-electron chi connectivity index (χ0n) is 13.3. The standard InChI is InChI=1S/C18H20N2O3/c1-3-13-6-4-9-16(10-13)23-12-17(21)20-15-8-5-7-14(11-15)18(22)19-2/h4-11H,3,12H2,1-2H3,(H,19,22)(H,20,21). The highest BCUT2D eigenvalue weighted by Gasteiger charge is 2.07. The summed E-state index contributed by atoms with van der Waals surface area (Å²) in [6, 6.07) is 14.4. The minimum Gasteiger partial charge on any atom is -0.484 e. The topological polar surface area (TPSA) is 67.4 Å². The maximum Gasteiger partial charge on any atom is 0.262 e. The molecule has 0 unspecified atom stereocenters. The predicted molar refractivity (Wildman–Crippen MR) is 89.8 cm³/mol. The van der Waals surface area contributed by atoms with Gasteiger partial charge in [0.1, 0.15) is 5.75 Å². The summed E-state index contributed by atoms with van der Waals surface area (Å²) in [5.74, 6) is 0.188. The van der Waals surface area contributed by atoms with Crippen LogP contribution in [0.2, 0.25) is 0 Å². The highest BCUT2D eigenvalue weighted by Crippen LogP contribution is 2.14. The summed E-state index contributed by atoms with van der Waals surface area (Å²) in [4.78, 5) is 23.5. The van der Waals surface area contributed by atoms with E-state index in [-0.39, 0.29) is 18.4 Å². The molecular weight excluding hydrogens is 292 g/mol. The van der Waals surface area contributed by atoms with Crippen molar-refractivity contribution in [1.82, 2.24) is 5.32 Å². The molecule has 0 bridgehead atoms. The number of carbonyl (C=O) groups excluding carboxylic acids is 2. The molecule has 0 radical (unpaired) electrons. The van der Waals surface area contributed by atoms with E-state index in [1.807, 2.05) is 24.3 Å². The molecule has 2 rings (SSSR count). The monoisotopic (exact) mass is 312 g/mol. The van der Waals surface area contributed by atoms with Gasteiger partial charge in [0.05, 0.1) is 0 Å². The summed E-state index contributed by atoms with van der Waals surface area (Å²) in [6.45, 7) is 1.97. The van der Waals surface area contributed by atoms with Gasteiger partial charge in [-0.2, -0.15) is 0 Å². The SMILES string of the molecule is CCc1cccc(OCC(=O)Nc2cccc(C(=O)NC)c2)c1. The number of hydrogen-bond acceptors (Lipinski definition) is 3. The molecule has 2 N–H and O–H groups in total. The Balaban J connectivity index is 1.93. The smallest absolute Gasteiger partial charge is 0.262 e. The summed E-state index contributed by atoms with van der Waals surface area (Å²) in [7, 11) is 1.56. The van der Waals surface area contributed by atoms with Gasteiger partial charge in [0.2, 0.25) is 0 Å². The Morgan fingerprint density at radius 3 is 2.61 bits per heavy atom. The molecule has 5 nitrogen and oxygen atoms in total. The van der Waals surface area contributed by atoms with Crippen LogP contribution in [-0.4, -0.2) is 25.5 Å². The Labute approximate surface area is 135 Å². The van der Waals surface area contributed by atoms with Gasteiger partial charge in [-0.25, -0.2) is 0 Å². The second-order valence-corrected chi connectivity index (χ2v) is 5.00. The molecule has 2 aromatic carbocycles. The van der Waals surface area contributed by atoms with E-state index in [4.69, 9.17) is 4.74 Å². The van der Waals surface area contributed by atoms with E-state index in [1.165, 1.54) is 0 Å². The van der Waals surface area contributed by atoms with E-state index >= 15 is 0 Å². The minimum absolute atomic E-state index is 0.0859. The third-order valence-corrected chi connectivity index (χ3v) is 3.31. The molecule has 0 saturated carbocycles. The lowest BCUT2D eigenvalue weighted by Gasteiger charge is -2.09. The van der Waals surface area contributed by atoms with Crippen LogP contribution in [0.3, 0.4) is 0 Å². The molecule has 0 aliphatic carbocycles. The lowest BCUT2D eigenvalue weighted by atomic mass is 10.2. The molecule has 5 heteroatoms. The average Bonchev–Trinajstić information content (AvgIpc) is 2.59. The number of ether oxygens (including phenoxy) is 1. The first-order chi connectivity index (χ1) is 11.1. The Hall–Kier alpha value is -2.82. The number of amides is 2. The number of hydrogen-bond donors (Lipinski definition) is 2. The van der Waals surface area contributed by atoms with Crippen molar-refractivity contribution < 1.29 is 14.3 Å². The van der Waals surface area contributed by atoms with Gasteiger partial charge < -0.3 is 15.4 Å². The van der Waals surface area contributed by atoms with Crippen LogP contribution in [0.15, 0.2) is 48.5 Å². The predicted octanol–water partition coefficient (Wildman–Crippen LogP) is 2.63. The van der Waals surface area contributed by atoms with Crippen LogP contribution in [0.1, 0.15) is 22.8 Å². The second-order valence-electron chi connectivity index (χ2n) is 5.00. The van der Waals surface area contributed by atoms with Crippen molar-refractivity contribution >= 4 is 17.5 Å². The number of aryl methyl sites for hydroxylation is 1. The van der Waals surface area contributed by atoms with Crippen LogP contribution in [0.25, 0.3) is 0 Å². The van der Waals surface area contributed by atoms with Gasteiger partial charge >= 0.3 is 0 Å². The van der Waals surface area contributed by atoms with Crippen molar-refractivity contribution in [2.45, 2.75) is 13.3 Å². The summed E-state index contributed by atoms with van der Waals surface area (Å²) in [6.07, 6.45) is 0.912. The Bertz CT molecular complexity index is 698. The van der Waals surface area contributed by atoms with Crippen molar-refractivity contribution in [2.75, 3.05) is 19.0 Å². The van der Waals surface area contributed by atoms with E-state index in [1.54, 1.807) is 31.3 Å². The largest absolute Gasteiger partial charge is 0.484 e. The van der Waals surface area contributed by atoms with E-state index in [9.17, 15) is 9.59 Å². The fraction of sp³-hybridized carbons (Fsp3) is 0.222. The number of carbonyl (C=O) groups is 2. The van der Waals surface area contributed by atoms with E-state index in [2.05, 4.69) is 17.6 Å². The molecule has 0 saturated heterocycles. The highest BCUT2D eigenvalue weighted by atomic mass is 16.5. The molecular formula is C18H20N2O3. The Kier molecular flexibility index (Phi) is 5.74. The van der Waals surface area contributed by atoms with Crippen LogP contribution < -0.4 is 15.4 Å². The number of nitrogens with one attached hydrogen (secondary N) is 2. The molecule has 2 aromatic rings. The molecule has 0 heterocycles. The summed E-state index contributed by atoms with van der Waals surface area (Å²) >= 11 is 0. The maximum atomic E-state index is 12.0. The third kappa shape index (κ3) is 4.85. The molecule has 120 valence electrons. The molecule has 0 atom stereocenters. The third-order valence-electron chi connectivity index (χ3n) is 3.31. The van der Waals surface area contributed by atoms with E-state index < -0.39 is 0 Å². The van der Waals surface area contributed by atoms with Crippen molar-refractivity contribution in [3.63, 3.8) is 0 Å². The van der Waals surface area contributed by atoms with Crippen LogP contribution in [0.4, 0.5) is 5.69 Å². The first kappa shape index (κ1) is 16.5. The van der Waals surface area contributed by atoms with Gasteiger partial charge in [-0.15, -0.1) is 0 Å². The van der Waals surface area contributed by atoms with Gasteiger partial charge in [0.15, 0.2) is 6.61 Å². The molecule has 0 fully saturated rings. The van der Waals surface area contributed by atoms with Crippen molar-refractivity contribution in [1.29, 1.82) is 0 Å². The van der Waals surface area contributed by atoms with Gasteiger partial charge in [-0.1, -0.05) is 25.1 Å². The molecule has 2 amide bonds. The van der Waals surface area contributed by atoms with E-state index in [0.29, 0.717) is 17.0 Å². The average molecular weight is 312 g/mol. The first-order valence-electron chi connectivity index (χ1n) is 7.46. The maximum absolute atomic E-state index is 12.0. The van der Waals surface area contributed by atoms with Crippen LogP contribution in [-0.2, 0) is 11.2 Å². The zero-order chi connectivity index (χ0) is 16.7. The lowest BCUT2D eigenvalue weighted by Crippen LogP contribution is -2.21. The first-order valence-corrected chi connectivity index (χ1v) is 7.46. The quantitative estimate of drug-likeness (QED) is 0.861. The Morgan fingerprint density at radius 1 is 1.09 bits per heavy atom. The number of rotatable bonds is 6. The van der Waals surface area contributed by atoms with Crippen LogP contribution in [0.5, 0.6) is 5.75 Å².